The summed E-state index contributed by atoms with van der Waals surface area (Å²) in [6, 6.07) is 53.8. The predicted molar refractivity (Wildman–Crippen MR) is 205 cm³/mol. The van der Waals surface area contributed by atoms with Crippen LogP contribution in [0.3, 0.4) is 0 Å². The van der Waals surface area contributed by atoms with Crippen LogP contribution in [0.1, 0.15) is 0 Å². The van der Waals surface area contributed by atoms with E-state index in [1.54, 1.807) is 0 Å². The highest BCUT2D eigenvalue weighted by Crippen LogP contribution is 2.41. The molecule has 4 heterocycles. The van der Waals surface area contributed by atoms with Gasteiger partial charge >= 0.3 is 0 Å². The van der Waals surface area contributed by atoms with Gasteiger partial charge in [0.25, 0.3) is 0 Å². The van der Waals surface area contributed by atoms with Gasteiger partial charge in [-0.1, -0.05) is 103 Å². The summed E-state index contributed by atoms with van der Waals surface area (Å²) in [5.41, 5.74) is 9.23. The van der Waals surface area contributed by atoms with Crippen molar-refractivity contribution in [2.24, 2.45) is 0 Å². The molecule has 238 valence electrons. The maximum atomic E-state index is 6.73. The van der Waals surface area contributed by atoms with Crippen molar-refractivity contribution in [3.8, 4) is 39.9 Å². The molecule has 0 saturated carbocycles. The minimum absolute atomic E-state index is 0.583. The molecule has 0 aliphatic rings. The molecule has 0 aliphatic carbocycles. The summed E-state index contributed by atoms with van der Waals surface area (Å²) in [6.07, 6.45) is 0. The van der Waals surface area contributed by atoms with Crippen LogP contribution in [-0.2, 0) is 0 Å². The third kappa shape index (κ3) is 4.20. The molecule has 0 saturated heterocycles. The number of rotatable bonds is 4. The van der Waals surface area contributed by atoms with Crippen LogP contribution in [0, 0.1) is 0 Å². The molecule has 11 aromatic rings. The molecule has 0 fully saturated rings. The largest absolute Gasteiger partial charge is 0.456 e. The van der Waals surface area contributed by atoms with Crippen LogP contribution in [0.15, 0.2) is 167 Å². The third-order valence-electron chi connectivity index (χ3n) is 9.86. The molecule has 7 aromatic carbocycles. The highest BCUT2D eigenvalue weighted by molar-refractivity contribution is 6.21. The van der Waals surface area contributed by atoms with Gasteiger partial charge in [0.15, 0.2) is 23.1 Å². The van der Waals surface area contributed by atoms with E-state index in [9.17, 15) is 0 Å². The summed E-state index contributed by atoms with van der Waals surface area (Å²) in [6.45, 7) is 0. The third-order valence-corrected chi connectivity index (χ3v) is 9.86. The van der Waals surface area contributed by atoms with Crippen LogP contribution in [0.4, 0.5) is 0 Å². The molecule has 0 aliphatic heterocycles. The second-order valence-corrected chi connectivity index (χ2v) is 12.8. The Balaban J connectivity index is 1.16. The Morgan fingerprint density at radius 2 is 1.08 bits per heavy atom. The second kappa shape index (κ2) is 10.7. The van der Waals surface area contributed by atoms with Gasteiger partial charge in [-0.05, 0) is 54.6 Å². The molecule has 0 spiro atoms. The summed E-state index contributed by atoms with van der Waals surface area (Å²) in [5.74, 6) is 1.77. The quantitative estimate of drug-likeness (QED) is 0.189. The van der Waals surface area contributed by atoms with Crippen molar-refractivity contribution >= 4 is 65.7 Å². The highest BCUT2D eigenvalue weighted by Gasteiger charge is 2.21. The molecule has 0 radical (unpaired) electrons. The van der Waals surface area contributed by atoms with Crippen LogP contribution in [-0.4, -0.2) is 19.5 Å². The van der Waals surface area contributed by atoms with Gasteiger partial charge < -0.3 is 13.4 Å². The number of furan rings is 2. The average molecular weight is 655 g/mol. The minimum Gasteiger partial charge on any atom is -0.456 e. The lowest BCUT2D eigenvalue weighted by Crippen LogP contribution is -2.00. The van der Waals surface area contributed by atoms with Gasteiger partial charge in [-0.25, -0.2) is 15.0 Å². The molecule has 0 bridgehead atoms. The van der Waals surface area contributed by atoms with E-state index < -0.39 is 0 Å². The molecule has 0 unspecified atom stereocenters. The van der Waals surface area contributed by atoms with E-state index in [1.165, 1.54) is 5.39 Å². The Kier molecular flexibility index (Phi) is 5.86. The highest BCUT2D eigenvalue weighted by atomic mass is 16.3. The molecule has 0 atom stereocenters. The van der Waals surface area contributed by atoms with Crippen LogP contribution < -0.4 is 0 Å². The smallest absolute Gasteiger partial charge is 0.164 e. The van der Waals surface area contributed by atoms with E-state index in [0.717, 1.165) is 82.7 Å². The van der Waals surface area contributed by atoms with Crippen LogP contribution in [0.2, 0.25) is 0 Å². The van der Waals surface area contributed by atoms with E-state index in [1.807, 2.05) is 78.9 Å². The first kappa shape index (κ1) is 27.9. The van der Waals surface area contributed by atoms with Crippen LogP contribution in [0.5, 0.6) is 0 Å². The standard InChI is InChI=1S/C45H26N4O2/c1-3-12-27(13-4-1)43-46-44(48-45(47-43)34-18-11-21-39-40(34)33-17-8-10-20-37(33)50-39)28-22-25-38-35(26-28)32-24-23-31-30-16-7-9-19-36(30)49(41(31)42(32)51-38)29-14-5-2-6-15-29/h1-26H. The van der Waals surface area contributed by atoms with E-state index in [4.69, 9.17) is 23.8 Å². The first-order valence-corrected chi connectivity index (χ1v) is 16.9. The minimum atomic E-state index is 0.583. The molecule has 0 amide bonds. The van der Waals surface area contributed by atoms with Crippen molar-refractivity contribution in [1.29, 1.82) is 0 Å². The van der Waals surface area contributed by atoms with Crippen molar-refractivity contribution in [3.05, 3.63) is 158 Å². The topological polar surface area (TPSA) is 69.9 Å². The fourth-order valence-corrected chi connectivity index (χ4v) is 7.57. The normalized spacial score (nSPS) is 11.9. The first-order valence-electron chi connectivity index (χ1n) is 16.9. The molecule has 51 heavy (non-hydrogen) atoms. The van der Waals surface area contributed by atoms with E-state index in [2.05, 4.69) is 83.4 Å². The number of aromatic nitrogens is 4. The van der Waals surface area contributed by atoms with E-state index in [-0.39, 0.29) is 0 Å². The maximum absolute atomic E-state index is 6.73. The van der Waals surface area contributed by atoms with Crippen molar-refractivity contribution in [3.63, 3.8) is 0 Å². The summed E-state index contributed by atoms with van der Waals surface area (Å²) < 4.78 is 15.3. The Labute approximate surface area is 290 Å². The van der Waals surface area contributed by atoms with Gasteiger partial charge in [-0.2, -0.15) is 0 Å². The summed E-state index contributed by atoms with van der Waals surface area (Å²) in [4.78, 5) is 15.2. The lowest BCUT2D eigenvalue weighted by Gasteiger charge is -2.09. The molecular weight excluding hydrogens is 629 g/mol. The lowest BCUT2D eigenvalue weighted by atomic mass is 10.0. The Bertz CT molecular complexity index is 3140. The maximum Gasteiger partial charge on any atom is 0.164 e. The zero-order valence-corrected chi connectivity index (χ0v) is 27.1. The van der Waals surface area contributed by atoms with Crippen molar-refractivity contribution in [2.45, 2.75) is 0 Å². The van der Waals surface area contributed by atoms with Gasteiger partial charge in [-0.15, -0.1) is 0 Å². The van der Waals surface area contributed by atoms with Crippen molar-refractivity contribution in [1.82, 2.24) is 19.5 Å². The van der Waals surface area contributed by atoms with Crippen LogP contribution in [0.25, 0.3) is 106 Å². The van der Waals surface area contributed by atoms with Crippen molar-refractivity contribution < 1.29 is 8.83 Å². The summed E-state index contributed by atoms with van der Waals surface area (Å²) >= 11 is 0. The lowest BCUT2D eigenvalue weighted by molar-refractivity contribution is 0.669. The SMILES string of the molecule is c1ccc(-c2nc(-c3ccc4oc5c(ccc6c7ccccc7n(-c7ccccc7)c65)c4c3)nc(-c3cccc4oc5ccccc5c34)n2)cc1. The summed E-state index contributed by atoms with van der Waals surface area (Å²) in [7, 11) is 0. The number of benzene rings is 7. The number of fused-ring (bicyclic) bond motifs is 10. The Morgan fingerprint density at radius 1 is 0.412 bits per heavy atom. The Morgan fingerprint density at radius 3 is 1.94 bits per heavy atom. The molecule has 0 N–H and O–H groups in total. The monoisotopic (exact) mass is 654 g/mol. The van der Waals surface area contributed by atoms with Crippen molar-refractivity contribution in [2.75, 3.05) is 0 Å². The number of hydrogen-bond donors (Lipinski definition) is 0. The Hall–Kier alpha value is -7.05. The van der Waals surface area contributed by atoms with Gasteiger partial charge in [0.05, 0.1) is 11.0 Å². The predicted octanol–water partition coefficient (Wildman–Crippen LogP) is 11.8. The molecule has 6 nitrogen and oxygen atoms in total. The van der Waals surface area contributed by atoms with Crippen LogP contribution >= 0.6 is 0 Å². The van der Waals surface area contributed by atoms with Gasteiger partial charge in [0.1, 0.15) is 16.7 Å². The van der Waals surface area contributed by atoms with E-state index in [0.29, 0.717) is 17.5 Å². The van der Waals surface area contributed by atoms with Gasteiger partial charge in [0, 0.05) is 54.7 Å². The van der Waals surface area contributed by atoms with E-state index >= 15 is 0 Å². The second-order valence-electron chi connectivity index (χ2n) is 12.8. The fraction of sp³-hybridized carbons (Fsp3) is 0. The number of nitrogens with zero attached hydrogens (tertiary/aromatic N) is 4. The van der Waals surface area contributed by atoms with Gasteiger partial charge in [0.2, 0.25) is 0 Å². The first-order chi connectivity index (χ1) is 25.3. The average Bonchev–Trinajstić information content (AvgIpc) is 3.88. The molecular formula is C45H26N4O2. The zero-order valence-electron chi connectivity index (χ0n) is 27.1. The number of para-hydroxylation sites is 3. The molecule has 11 rings (SSSR count). The molecule has 4 aromatic heterocycles. The molecule has 6 heteroatoms. The van der Waals surface area contributed by atoms with Gasteiger partial charge in [-0.3, -0.25) is 0 Å². The summed E-state index contributed by atoms with van der Waals surface area (Å²) in [5, 5.41) is 6.38. The fourth-order valence-electron chi connectivity index (χ4n) is 7.57. The zero-order chi connectivity index (χ0) is 33.5. The number of hydrogen-bond acceptors (Lipinski definition) is 5.